The largest absolute Gasteiger partial charge is 0.497 e. The highest BCUT2D eigenvalue weighted by Gasteiger charge is 2.22. The first kappa shape index (κ1) is 27.1. The quantitative estimate of drug-likeness (QED) is 0.342. The molecule has 3 rings (SSSR count). The van der Waals surface area contributed by atoms with E-state index in [2.05, 4.69) is 37.8 Å². The molecule has 0 spiro atoms. The van der Waals surface area contributed by atoms with Crippen molar-refractivity contribution in [2.24, 2.45) is 0 Å². The first-order valence-corrected chi connectivity index (χ1v) is 14.4. The van der Waals surface area contributed by atoms with E-state index < -0.39 is 9.84 Å². The molecule has 0 bridgehead atoms. The molecule has 0 saturated heterocycles. The molecule has 7 nitrogen and oxygen atoms in total. The Balaban J connectivity index is 1.75. The summed E-state index contributed by atoms with van der Waals surface area (Å²) in [4.78, 5) is 22.4. The maximum absolute atomic E-state index is 13.3. The highest BCUT2D eigenvalue weighted by Crippen LogP contribution is 2.32. The summed E-state index contributed by atoms with van der Waals surface area (Å²) >= 11 is 1.51. The van der Waals surface area contributed by atoms with Crippen molar-refractivity contribution in [1.82, 2.24) is 9.88 Å². The van der Waals surface area contributed by atoms with Crippen LogP contribution >= 0.6 is 11.3 Å². The molecule has 35 heavy (non-hydrogen) atoms. The topological polar surface area (TPSA) is 79.8 Å². The van der Waals surface area contributed by atoms with Gasteiger partial charge in [-0.2, -0.15) is 0 Å². The van der Waals surface area contributed by atoms with Crippen LogP contribution in [0, 0.1) is 13.8 Å². The van der Waals surface area contributed by atoms with Gasteiger partial charge in [0.1, 0.15) is 5.75 Å². The molecule has 190 valence electrons. The van der Waals surface area contributed by atoms with Gasteiger partial charge in [0, 0.05) is 19.5 Å². The average Bonchev–Trinajstić information content (AvgIpc) is 3.25. The summed E-state index contributed by atoms with van der Waals surface area (Å²) in [5.41, 5.74) is 3.16. The second-order valence-electron chi connectivity index (χ2n) is 8.60. The molecule has 0 aliphatic carbocycles. The van der Waals surface area contributed by atoms with E-state index >= 15 is 0 Å². The number of amides is 1. The Morgan fingerprint density at radius 1 is 1.06 bits per heavy atom. The Kier molecular flexibility index (Phi) is 9.27. The third kappa shape index (κ3) is 6.80. The smallest absolute Gasteiger partial charge is 0.228 e. The molecule has 1 amide bonds. The summed E-state index contributed by atoms with van der Waals surface area (Å²) in [7, 11) is -1.95. The van der Waals surface area contributed by atoms with Gasteiger partial charge in [0.2, 0.25) is 5.91 Å². The standard InChI is InChI=1S/C26H35N3O4S2/c1-6-28(7-2)14-15-29(26-27-25-20(4)17-19(3)18-23(25)34-26)24(30)9-8-16-35(31,32)22-12-10-21(33-5)11-13-22/h10-13,17-18H,6-9,14-16H2,1-5H3. The maximum atomic E-state index is 13.3. The van der Waals surface area contributed by atoms with Crippen LogP contribution in [0.15, 0.2) is 41.3 Å². The lowest BCUT2D eigenvalue weighted by Crippen LogP contribution is -2.38. The van der Waals surface area contributed by atoms with Crippen LogP contribution in [-0.2, 0) is 14.6 Å². The number of anilines is 1. The predicted octanol–water partition coefficient (Wildman–Crippen LogP) is 4.85. The van der Waals surface area contributed by atoms with E-state index in [0.717, 1.165) is 41.0 Å². The molecule has 1 heterocycles. The van der Waals surface area contributed by atoms with E-state index in [9.17, 15) is 13.2 Å². The van der Waals surface area contributed by atoms with Crippen LogP contribution in [0.3, 0.4) is 0 Å². The number of aryl methyl sites for hydroxylation is 2. The Bertz CT molecular complexity index is 1250. The highest BCUT2D eigenvalue weighted by molar-refractivity contribution is 7.91. The van der Waals surface area contributed by atoms with Crippen LogP contribution in [-0.4, -0.2) is 63.3 Å². The number of carbonyl (C=O) groups excluding carboxylic acids is 1. The van der Waals surface area contributed by atoms with Crippen molar-refractivity contribution in [1.29, 1.82) is 0 Å². The van der Waals surface area contributed by atoms with Crippen molar-refractivity contribution < 1.29 is 17.9 Å². The Hall–Kier alpha value is -2.49. The number of fused-ring (bicyclic) bond motifs is 1. The molecule has 0 unspecified atom stereocenters. The Morgan fingerprint density at radius 2 is 1.74 bits per heavy atom. The van der Waals surface area contributed by atoms with Gasteiger partial charge in [0.05, 0.1) is 28.0 Å². The zero-order valence-electron chi connectivity index (χ0n) is 21.2. The number of rotatable bonds is 12. The number of thiazole rings is 1. The molecule has 9 heteroatoms. The van der Waals surface area contributed by atoms with Gasteiger partial charge in [0.25, 0.3) is 0 Å². The molecule has 1 aromatic heterocycles. The Morgan fingerprint density at radius 3 is 2.37 bits per heavy atom. The third-order valence-corrected chi connectivity index (χ3v) is 8.95. The molecule has 0 atom stereocenters. The number of nitrogens with zero attached hydrogens (tertiary/aromatic N) is 3. The van der Waals surface area contributed by atoms with Gasteiger partial charge in [-0.15, -0.1) is 0 Å². The SMILES string of the molecule is CCN(CC)CCN(C(=O)CCCS(=O)(=O)c1ccc(OC)cc1)c1nc2c(C)cc(C)cc2s1. The lowest BCUT2D eigenvalue weighted by Gasteiger charge is -2.24. The number of benzene rings is 2. The number of aromatic nitrogens is 1. The van der Waals surface area contributed by atoms with Crippen LogP contribution < -0.4 is 9.64 Å². The first-order valence-electron chi connectivity index (χ1n) is 12.0. The van der Waals surface area contributed by atoms with Gasteiger partial charge in [0.15, 0.2) is 15.0 Å². The second-order valence-corrected chi connectivity index (χ2v) is 11.7. The van der Waals surface area contributed by atoms with Crippen molar-refractivity contribution >= 4 is 42.4 Å². The maximum Gasteiger partial charge on any atom is 0.228 e. The van der Waals surface area contributed by atoms with Gasteiger partial charge in [-0.25, -0.2) is 13.4 Å². The number of methoxy groups -OCH3 is 1. The van der Waals surface area contributed by atoms with Crippen LogP contribution in [0.4, 0.5) is 5.13 Å². The summed E-state index contributed by atoms with van der Waals surface area (Å²) in [6.07, 6.45) is 0.388. The predicted molar refractivity (Wildman–Crippen MR) is 144 cm³/mol. The first-order chi connectivity index (χ1) is 16.7. The molecule has 0 saturated carbocycles. The molecule has 0 aliphatic heterocycles. The molecule has 3 aromatic rings. The summed E-state index contributed by atoms with van der Waals surface area (Å²) < 4.78 is 31.7. The van der Waals surface area contributed by atoms with Crippen LogP contribution in [0.2, 0.25) is 0 Å². The molecule has 0 aliphatic rings. The molecule has 2 aromatic carbocycles. The van der Waals surface area contributed by atoms with Crippen LogP contribution in [0.25, 0.3) is 10.2 Å². The van der Waals surface area contributed by atoms with Crippen LogP contribution in [0.1, 0.15) is 37.8 Å². The number of hydrogen-bond acceptors (Lipinski definition) is 7. The molecule has 0 fully saturated rings. The van der Waals surface area contributed by atoms with Crippen molar-refractivity contribution in [3.05, 3.63) is 47.5 Å². The fraction of sp³-hybridized carbons (Fsp3) is 0.462. The molecule has 0 radical (unpaired) electrons. The number of sulfone groups is 1. The fourth-order valence-corrected chi connectivity index (χ4v) is 6.53. The van der Waals surface area contributed by atoms with Crippen LogP contribution in [0.5, 0.6) is 5.75 Å². The van der Waals surface area contributed by atoms with Gasteiger partial charge in [-0.3, -0.25) is 9.69 Å². The van der Waals surface area contributed by atoms with Gasteiger partial charge >= 0.3 is 0 Å². The summed E-state index contributed by atoms with van der Waals surface area (Å²) in [6.45, 7) is 11.3. The van der Waals surface area contributed by atoms with Crippen molar-refractivity contribution in [2.75, 3.05) is 43.9 Å². The zero-order valence-corrected chi connectivity index (χ0v) is 22.8. The number of carbonyl (C=O) groups is 1. The summed E-state index contributed by atoms with van der Waals surface area (Å²) in [6, 6.07) is 10.5. The molecular weight excluding hydrogens is 482 g/mol. The van der Waals surface area contributed by atoms with E-state index in [1.807, 2.05) is 6.92 Å². The van der Waals surface area contributed by atoms with Crippen molar-refractivity contribution in [3.63, 3.8) is 0 Å². The monoisotopic (exact) mass is 517 g/mol. The van der Waals surface area contributed by atoms with Gasteiger partial charge < -0.3 is 9.64 Å². The normalized spacial score (nSPS) is 11.8. The number of ether oxygens (including phenoxy) is 1. The lowest BCUT2D eigenvalue weighted by atomic mass is 10.1. The number of hydrogen-bond donors (Lipinski definition) is 0. The van der Waals surface area contributed by atoms with Crippen molar-refractivity contribution in [3.8, 4) is 5.75 Å². The Labute approximate surface area is 212 Å². The van der Waals surface area contributed by atoms with E-state index in [1.54, 1.807) is 17.0 Å². The number of likely N-dealkylation sites (N-methyl/N-ethyl adjacent to an activating group) is 1. The van der Waals surface area contributed by atoms with Gasteiger partial charge in [-0.05, 0) is 74.8 Å². The van der Waals surface area contributed by atoms with E-state index in [4.69, 9.17) is 9.72 Å². The van der Waals surface area contributed by atoms with Gasteiger partial charge in [-0.1, -0.05) is 31.3 Å². The molecular formula is C26H35N3O4S2. The van der Waals surface area contributed by atoms with E-state index in [0.29, 0.717) is 17.4 Å². The van der Waals surface area contributed by atoms with E-state index in [-0.39, 0.29) is 29.4 Å². The minimum absolute atomic E-state index is 0.0902. The third-order valence-electron chi connectivity index (χ3n) is 6.11. The second kappa shape index (κ2) is 12.0. The minimum atomic E-state index is -3.48. The van der Waals surface area contributed by atoms with E-state index in [1.165, 1.54) is 30.6 Å². The summed E-state index contributed by atoms with van der Waals surface area (Å²) in [5.74, 6) is 0.410. The zero-order chi connectivity index (χ0) is 25.6. The minimum Gasteiger partial charge on any atom is -0.497 e. The summed E-state index contributed by atoms with van der Waals surface area (Å²) in [5, 5.41) is 0.670. The van der Waals surface area contributed by atoms with Crippen molar-refractivity contribution in [2.45, 2.75) is 45.4 Å². The fourth-order valence-electron chi connectivity index (χ4n) is 4.03. The average molecular weight is 518 g/mol. The molecule has 0 N–H and O–H groups in total. The highest BCUT2D eigenvalue weighted by atomic mass is 32.2. The lowest BCUT2D eigenvalue weighted by molar-refractivity contribution is -0.118.